The molecule has 2 aromatic carbocycles. The molecule has 2 rings (SSSR count). The summed E-state index contributed by atoms with van der Waals surface area (Å²) in [6.07, 6.45) is 0.463. The van der Waals surface area contributed by atoms with Crippen LogP contribution in [-0.4, -0.2) is 6.29 Å². The number of hydrogen-bond donors (Lipinski definition) is 0. The summed E-state index contributed by atoms with van der Waals surface area (Å²) >= 11 is 2.43. The quantitative estimate of drug-likeness (QED) is 0.343. The van der Waals surface area contributed by atoms with E-state index < -0.39 is 33.3 Å². The summed E-state index contributed by atoms with van der Waals surface area (Å²) in [5.74, 6) is -6.08. The molecule has 2 aromatic rings. The smallest absolute Gasteiger partial charge is 0.176 e. The lowest BCUT2D eigenvalue weighted by molar-refractivity contribution is 0.112. The van der Waals surface area contributed by atoms with Gasteiger partial charge in [0.1, 0.15) is 6.29 Å². The number of hydrogen-bond acceptors (Lipinski definition) is 1. The zero-order chi connectivity index (χ0) is 14.2. The van der Waals surface area contributed by atoms with Crippen LogP contribution in [0, 0.1) is 23.3 Å². The molecule has 1 nitrogen and oxygen atoms in total. The van der Waals surface area contributed by atoms with Gasteiger partial charge >= 0.3 is 0 Å². The highest BCUT2D eigenvalue weighted by atomic mass is 79.9. The van der Waals surface area contributed by atoms with E-state index in [1.807, 2.05) is 0 Å². The molecule has 0 atom stereocenters. The lowest BCUT2D eigenvalue weighted by atomic mass is 10.0. The fourth-order valence-electron chi connectivity index (χ4n) is 1.63. The van der Waals surface area contributed by atoms with E-state index in [1.54, 1.807) is 0 Å². The Bertz CT molecular complexity index is 641. The highest BCUT2D eigenvalue weighted by molar-refractivity contribution is 9.10. The third-order valence-corrected chi connectivity index (χ3v) is 3.22. The molecule has 0 aliphatic heterocycles. The number of carbonyl (C=O) groups is 1. The van der Waals surface area contributed by atoms with Gasteiger partial charge in [0.15, 0.2) is 23.3 Å². The van der Waals surface area contributed by atoms with Crippen molar-refractivity contribution >= 4 is 22.2 Å². The number of halogens is 5. The van der Waals surface area contributed by atoms with Gasteiger partial charge in [0, 0.05) is 5.56 Å². The highest BCUT2D eigenvalue weighted by Gasteiger charge is 2.24. The Kier molecular flexibility index (Phi) is 3.71. The molecule has 98 valence electrons. The largest absolute Gasteiger partial charge is 0.298 e. The van der Waals surface area contributed by atoms with Crippen LogP contribution in [-0.2, 0) is 0 Å². The van der Waals surface area contributed by atoms with Crippen LogP contribution in [0.15, 0.2) is 28.7 Å². The van der Waals surface area contributed by atoms with Gasteiger partial charge in [0.05, 0.1) is 10.0 Å². The van der Waals surface area contributed by atoms with Gasteiger partial charge in [-0.05, 0) is 27.6 Å². The maximum atomic E-state index is 13.7. The lowest BCUT2D eigenvalue weighted by Gasteiger charge is -2.09. The first-order chi connectivity index (χ1) is 8.97. The second kappa shape index (κ2) is 5.13. The Hall–Kier alpha value is -1.69. The number of carbonyl (C=O) groups excluding carboxylic acids is 1. The molecule has 0 N–H and O–H groups in total. The Morgan fingerprint density at radius 1 is 0.947 bits per heavy atom. The maximum absolute atomic E-state index is 13.7. The standard InChI is InChI=1S/C13H5BrF4O/c14-9-12(17)10(15)8(11(16)13(9)18)7-3-1-2-6(4-7)5-19/h1-5H. The van der Waals surface area contributed by atoms with Gasteiger partial charge in [0.25, 0.3) is 0 Å². The minimum atomic E-state index is -1.52. The molecule has 0 bridgehead atoms. The normalized spacial score (nSPS) is 10.6. The summed E-state index contributed by atoms with van der Waals surface area (Å²) in [5.41, 5.74) is -0.827. The number of rotatable bonds is 2. The minimum absolute atomic E-state index is 0.120. The second-order valence-corrected chi connectivity index (χ2v) is 4.48. The van der Waals surface area contributed by atoms with Crippen LogP contribution in [0.25, 0.3) is 11.1 Å². The molecule has 0 saturated carbocycles. The van der Waals surface area contributed by atoms with Crippen molar-refractivity contribution in [3.8, 4) is 11.1 Å². The van der Waals surface area contributed by atoms with Crippen molar-refractivity contribution < 1.29 is 22.4 Å². The van der Waals surface area contributed by atoms with Crippen molar-refractivity contribution in [2.45, 2.75) is 0 Å². The summed E-state index contributed by atoms with van der Waals surface area (Å²) in [4.78, 5) is 10.6. The fraction of sp³-hybridized carbons (Fsp3) is 0. The van der Waals surface area contributed by atoms with Crippen molar-refractivity contribution in [2.75, 3.05) is 0 Å². The van der Waals surface area contributed by atoms with Gasteiger partial charge < -0.3 is 0 Å². The van der Waals surface area contributed by atoms with Gasteiger partial charge in [-0.15, -0.1) is 0 Å². The summed E-state index contributed by atoms with van der Waals surface area (Å²) in [6, 6.07) is 5.15. The third-order valence-electron chi connectivity index (χ3n) is 2.52. The van der Waals surface area contributed by atoms with Gasteiger partial charge in [0.2, 0.25) is 0 Å². The molecule has 19 heavy (non-hydrogen) atoms. The molecule has 0 saturated heterocycles. The summed E-state index contributed by atoms with van der Waals surface area (Å²) < 4.78 is 53.3. The van der Waals surface area contributed by atoms with Crippen LogP contribution in [0.2, 0.25) is 0 Å². The van der Waals surface area contributed by atoms with Crippen molar-refractivity contribution in [1.82, 2.24) is 0 Å². The first kappa shape index (κ1) is 13.7. The van der Waals surface area contributed by atoms with Crippen LogP contribution < -0.4 is 0 Å². The molecule has 0 spiro atoms. The van der Waals surface area contributed by atoms with Crippen LogP contribution >= 0.6 is 15.9 Å². The van der Waals surface area contributed by atoms with E-state index in [0.29, 0.717) is 6.29 Å². The lowest BCUT2D eigenvalue weighted by Crippen LogP contribution is -2.01. The van der Waals surface area contributed by atoms with Gasteiger partial charge in [-0.1, -0.05) is 18.2 Å². The van der Waals surface area contributed by atoms with Gasteiger partial charge in [-0.25, -0.2) is 17.6 Å². The average molecular weight is 333 g/mol. The van der Waals surface area contributed by atoms with E-state index in [9.17, 15) is 22.4 Å². The molecule has 0 heterocycles. The first-order valence-electron chi connectivity index (χ1n) is 5.04. The van der Waals surface area contributed by atoms with E-state index >= 15 is 0 Å². The topological polar surface area (TPSA) is 17.1 Å². The van der Waals surface area contributed by atoms with Crippen LogP contribution in [0.3, 0.4) is 0 Å². The molecule has 0 fully saturated rings. The number of benzene rings is 2. The van der Waals surface area contributed by atoms with Gasteiger partial charge in [-0.3, -0.25) is 4.79 Å². The molecule has 0 aliphatic rings. The molecule has 0 aromatic heterocycles. The predicted molar refractivity (Wildman–Crippen MR) is 64.8 cm³/mol. The molecule has 6 heteroatoms. The van der Waals surface area contributed by atoms with Crippen molar-refractivity contribution in [2.24, 2.45) is 0 Å². The van der Waals surface area contributed by atoms with Crippen LogP contribution in [0.1, 0.15) is 10.4 Å². The van der Waals surface area contributed by atoms with E-state index in [0.717, 1.165) is 6.07 Å². The molecular weight excluding hydrogens is 328 g/mol. The summed E-state index contributed by atoms with van der Waals surface area (Å²) in [7, 11) is 0. The highest BCUT2D eigenvalue weighted by Crippen LogP contribution is 2.34. The summed E-state index contributed by atoms with van der Waals surface area (Å²) in [5, 5.41) is 0. The summed E-state index contributed by atoms with van der Waals surface area (Å²) in [6.45, 7) is 0. The van der Waals surface area contributed by atoms with Crippen molar-refractivity contribution in [1.29, 1.82) is 0 Å². The van der Waals surface area contributed by atoms with Gasteiger partial charge in [-0.2, -0.15) is 0 Å². The van der Waals surface area contributed by atoms with Crippen LogP contribution in [0.5, 0.6) is 0 Å². The molecule has 0 unspecified atom stereocenters. The van der Waals surface area contributed by atoms with Crippen molar-refractivity contribution in [3.63, 3.8) is 0 Å². The average Bonchev–Trinajstić information content (AvgIpc) is 2.43. The monoisotopic (exact) mass is 332 g/mol. The third kappa shape index (κ3) is 2.28. The first-order valence-corrected chi connectivity index (χ1v) is 5.83. The zero-order valence-electron chi connectivity index (χ0n) is 9.18. The van der Waals surface area contributed by atoms with E-state index in [2.05, 4.69) is 15.9 Å². The van der Waals surface area contributed by atoms with Crippen molar-refractivity contribution in [3.05, 3.63) is 57.6 Å². The molecule has 0 amide bonds. The SMILES string of the molecule is O=Cc1cccc(-c2c(F)c(F)c(Br)c(F)c2F)c1. The Morgan fingerprint density at radius 3 is 2.05 bits per heavy atom. The fourth-order valence-corrected chi connectivity index (χ4v) is 1.97. The molecule has 0 radical (unpaired) electrons. The minimum Gasteiger partial charge on any atom is -0.298 e. The van der Waals surface area contributed by atoms with E-state index in [1.165, 1.54) is 18.2 Å². The van der Waals surface area contributed by atoms with E-state index in [4.69, 9.17) is 0 Å². The Balaban J connectivity index is 2.78. The second-order valence-electron chi connectivity index (χ2n) is 3.69. The molecular formula is C13H5BrF4O. The van der Waals surface area contributed by atoms with Crippen LogP contribution in [0.4, 0.5) is 17.6 Å². The van der Waals surface area contributed by atoms with E-state index in [-0.39, 0.29) is 11.1 Å². The Labute approximate surface area is 114 Å². The molecule has 0 aliphatic carbocycles. The Morgan fingerprint density at radius 2 is 1.53 bits per heavy atom. The zero-order valence-corrected chi connectivity index (χ0v) is 10.8. The maximum Gasteiger partial charge on any atom is 0.176 e. The predicted octanol–water partition coefficient (Wildman–Crippen LogP) is 4.49. The number of aldehydes is 1.